The molecule has 2 amide bonds. The third-order valence-corrected chi connectivity index (χ3v) is 2.77. The lowest BCUT2D eigenvalue weighted by atomic mass is 10.5. The van der Waals surface area contributed by atoms with Gasteiger partial charge in [0.15, 0.2) is 5.13 Å². The van der Waals surface area contributed by atoms with Crippen LogP contribution in [0.2, 0.25) is 0 Å². The van der Waals surface area contributed by atoms with Gasteiger partial charge in [-0.3, -0.25) is 14.9 Å². The summed E-state index contributed by atoms with van der Waals surface area (Å²) in [5.74, 6) is -1.32. The lowest BCUT2D eigenvalue weighted by Gasteiger charge is -2.09. The number of carbonyl (C=O) groups excluding carboxylic acids is 2. The quantitative estimate of drug-likeness (QED) is 0.748. The first-order chi connectivity index (χ1) is 7.99. The first-order valence-electron chi connectivity index (χ1n) is 5.15. The van der Waals surface area contributed by atoms with E-state index in [1.54, 1.807) is 5.38 Å². The predicted molar refractivity (Wildman–Crippen MR) is 67.0 cm³/mol. The molecule has 0 saturated carbocycles. The summed E-state index contributed by atoms with van der Waals surface area (Å²) in [5.41, 5.74) is 0.818. The van der Waals surface area contributed by atoms with Crippen LogP contribution in [0.5, 0.6) is 0 Å². The van der Waals surface area contributed by atoms with Crippen molar-refractivity contribution in [1.82, 2.24) is 15.2 Å². The summed E-state index contributed by atoms with van der Waals surface area (Å²) in [6.45, 7) is 2.95. The molecule has 0 spiro atoms. The first-order valence-corrected chi connectivity index (χ1v) is 6.03. The molecule has 7 heteroatoms. The van der Waals surface area contributed by atoms with Crippen molar-refractivity contribution in [1.29, 1.82) is 0 Å². The molecule has 0 aromatic carbocycles. The molecular formula is C10H16N4O2S. The Kier molecular flexibility index (Phi) is 5.05. The van der Waals surface area contributed by atoms with E-state index < -0.39 is 11.8 Å². The largest absolute Gasteiger partial charge is 0.347 e. The van der Waals surface area contributed by atoms with Gasteiger partial charge in [-0.1, -0.05) is 0 Å². The maximum absolute atomic E-state index is 11.4. The lowest BCUT2D eigenvalue weighted by Crippen LogP contribution is -2.38. The molecule has 1 rings (SSSR count). The Bertz CT molecular complexity index is 403. The molecule has 0 radical (unpaired) electrons. The molecule has 17 heavy (non-hydrogen) atoms. The third kappa shape index (κ3) is 4.92. The summed E-state index contributed by atoms with van der Waals surface area (Å²) in [7, 11) is 3.79. The van der Waals surface area contributed by atoms with Gasteiger partial charge in [0.25, 0.3) is 0 Å². The standard InChI is InChI=1S/C10H16N4O2S/c1-7-6-17-10(12-7)13-9(16)8(15)11-4-5-14(2)3/h6H,4-5H2,1-3H3,(H,11,15)(H,12,13,16). The summed E-state index contributed by atoms with van der Waals surface area (Å²) in [6.07, 6.45) is 0. The molecule has 94 valence electrons. The van der Waals surface area contributed by atoms with Crippen LogP contribution in [0.15, 0.2) is 5.38 Å². The molecule has 0 saturated heterocycles. The molecule has 0 atom stereocenters. The van der Waals surface area contributed by atoms with Gasteiger partial charge in [-0.2, -0.15) is 0 Å². The van der Waals surface area contributed by atoms with E-state index in [0.29, 0.717) is 18.2 Å². The van der Waals surface area contributed by atoms with Crippen molar-refractivity contribution in [3.8, 4) is 0 Å². The van der Waals surface area contributed by atoms with E-state index in [1.807, 2.05) is 25.9 Å². The van der Waals surface area contributed by atoms with Gasteiger partial charge in [0.2, 0.25) is 0 Å². The minimum atomic E-state index is -0.682. The zero-order chi connectivity index (χ0) is 12.8. The van der Waals surface area contributed by atoms with Gasteiger partial charge in [-0.15, -0.1) is 11.3 Å². The van der Waals surface area contributed by atoms with Gasteiger partial charge in [0.1, 0.15) is 0 Å². The molecule has 6 nitrogen and oxygen atoms in total. The molecule has 0 aliphatic carbocycles. The lowest BCUT2D eigenvalue weighted by molar-refractivity contribution is -0.136. The van der Waals surface area contributed by atoms with E-state index in [-0.39, 0.29) is 0 Å². The maximum atomic E-state index is 11.4. The van der Waals surface area contributed by atoms with Crippen LogP contribution >= 0.6 is 11.3 Å². The van der Waals surface area contributed by atoms with Gasteiger partial charge in [-0.25, -0.2) is 4.98 Å². The van der Waals surface area contributed by atoms with Gasteiger partial charge < -0.3 is 10.2 Å². The van der Waals surface area contributed by atoms with Crippen LogP contribution in [-0.2, 0) is 9.59 Å². The summed E-state index contributed by atoms with van der Waals surface area (Å²) >= 11 is 1.29. The fourth-order valence-corrected chi connectivity index (χ4v) is 1.72. The van der Waals surface area contributed by atoms with E-state index in [2.05, 4.69) is 15.6 Å². The highest BCUT2D eigenvalue weighted by Gasteiger charge is 2.14. The van der Waals surface area contributed by atoms with Crippen molar-refractivity contribution >= 4 is 28.3 Å². The second-order valence-corrected chi connectivity index (χ2v) is 4.67. The minimum Gasteiger partial charge on any atom is -0.347 e. The third-order valence-electron chi connectivity index (χ3n) is 1.89. The van der Waals surface area contributed by atoms with E-state index in [4.69, 9.17) is 0 Å². The molecule has 0 aliphatic heterocycles. The Morgan fingerprint density at radius 1 is 1.41 bits per heavy atom. The first kappa shape index (κ1) is 13.6. The summed E-state index contributed by atoms with van der Waals surface area (Å²) in [4.78, 5) is 28.8. The van der Waals surface area contributed by atoms with E-state index in [0.717, 1.165) is 5.69 Å². The van der Waals surface area contributed by atoms with Gasteiger partial charge >= 0.3 is 11.8 Å². The number of hydrogen-bond donors (Lipinski definition) is 2. The summed E-state index contributed by atoms with van der Waals surface area (Å²) < 4.78 is 0. The maximum Gasteiger partial charge on any atom is 0.315 e. The van der Waals surface area contributed by atoms with Crippen LogP contribution in [0.1, 0.15) is 5.69 Å². The summed E-state index contributed by atoms with van der Waals surface area (Å²) in [6, 6.07) is 0. The average molecular weight is 256 g/mol. The van der Waals surface area contributed by atoms with Crippen molar-refractivity contribution in [3.05, 3.63) is 11.1 Å². The number of amides is 2. The number of aromatic nitrogens is 1. The molecule has 0 bridgehead atoms. The number of carbonyl (C=O) groups is 2. The highest BCUT2D eigenvalue weighted by atomic mass is 32.1. The predicted octanol–water partition coefficient (Wildman–Crippen LogP) is 0.0678. The Morgan fingerprint density at radius 2 is 2.12 bits per heavy atom. The van der Waals surface area contributed by atoms with E-state index in [9.17, 15) is 9.59 Å². The highest BCUT2D eigenvalue weighted by Crippen LogP contribution is 2.13. The van der Waals surface area contributed by atoms with Crippen LogP contribution in [-0.4, -0.2) is 48.9 Å². The number of anilines is 1. The second kappa shape index (κ2) is 6.31. The molecule has 1 aromatic heterocycles. The zero-order valence-electron chi connectivity index (χ0n) is 10.1. The summed E-state index contributed by atoms with van der Waals surface area (Å²) in [5, 5.41) is 7.21. The topological polar surface area (TPSA) is 74.3 Å². The van der Waals surface area contributed by atoms with E-state index in [1.165, 1.54) is 11.3 Å². The van der Waals surface area contributed by atoms with Crippen molar-refractivity contribution in [3.63, 3.8) is 0 Å². The van der Waals surface area contributed by atoms with Crippen LogP contribution in [0.4, 0.5) is 5.13 Å². The van der Waals surface area contributed by atoms with Crippen LogP contribution < -0.4 is 10.6 Å². The fraction of sp³-hybridized carbons (Fsp3) is 0.500. The number of aryl methyl sites for hydroxylation is 1. The Balaban J connectivity index is 2.34. The Hall–Kier alpha value is -1.47. The van der Waals surface area contributed by atoms with Crippen molar-refractivity contribution in [2.45, 2.75) is 6.92 Å². The molecule has 1 heterocycles. The van der Waals surface area contributed by atoms with Crippen molar-refractivity contribution in [2.24, 2.45) is 0 Å². The number of nitrogens with one attached hydrogen (secondary N) is 2. The van der Waals surface area contributed by atoms with Crippen LogP contribution in [0.3, 0.4) is 0 Å². The second-order valence-electron chi connectivity index (χ2n) is 3.81. The van der Waals surface area contributed by atoms with Crippen LogP contribution in [0, 0.1) is 6.92 Å². The van der Waals surface area contributed by atoms with Gasteiger partial charge in [0, 0.05) is 18.5 Å². The van der Waals surface area contributed by atoms with Crippen LogP contribution in [0.25, 0.3) is 0 Å². The zero-order valence-corrected chi connectivity index (χ0v) is 10.9. The number of thiazole rings is 1. The molecule has 0 aliphatic rings. The van der Waals surface area contributed by atoms with Crippen molar-refractivity contribution < 1.29 is 9.59 Å². The number of nitrogens with zero attached hydrogens (tertiary/aromatic N) is 2. The minimum absolute atomic E-state index is 0.440. The number of rotatable bonds is 4. The molecule has 0 unspecified atom stereocenters. The number of likely N-dealkylation sites (N-methyl/N-ethyl adjacent to an activating group) is 1. The van der Waals surface area contributed by atoms with Gasteiger partial charge in [-0.05, 0) is 21.0 Å². The SMILES string of the molecule is Cc1csc(NC(=O)C(=O)NCCN(C)C)n1. The van der Waals surface area contributed by atoms with Crippen molar-refractivity contribution in [2.75, 3.05) is 32.5 Å². The molecular weight excluding hydrogens is 240 g/mol. The molecule has 2 N–H and O–H groups in total. The normalized spacial score (nSPS) is 10.4. The Morgan fingerprint density at radius 3 is 2.65 bits per heavy atom. The monoisotopic (exact) mass is 256 g/mol. The smallest absolute Gasteiger partial charge is 0.315 e. The molecule has 0 fully saturated rings. The molecule has 1 aromatic rings. The number of hydrogen-bond acceptors (Lipinski definition) is 5. The fourth-order valence-electron chi connectivity index (χ4n) is 1.04. The Labute approximate surface area is 104 Å². The highest BCUT2D eigenvalue weighted by molar-refractivity contribution is 7.14. The average Bonchev–Trinajstić information content (AvgIpc) is 2.63. The van der Waals surface area contributed by atoms with E-state index >= 15 is 0 Å². The van der Waals surface area contributed by atoms with Gasteiger partial charge in [0.05, 0.1) is 5.69 Å².